The number of aliphatic hydroxyl groups excluding tert-OH is 3. The Morgan fingerprint density at radius 2 is 1.67 bits per heavy atom. The van der Waals surface area contributed by atoms with E-state index >= 15 is 0 Å². The number of ether oxygens (including phenoxy) is 1. The predicted octanol–water partition coefficient (Wildman–Crippen LogP) is -2.06. The number of hydrogen-bond donors (Lipinski definition) is 4. The average Bonchev–Trinajstić information content (AvgIpc) is 2.20. The lowest BCUT2D eigenvalue weighted by Crippen LogP contribution is -2.30. The topological polar surface area (TPSA) is 82.0 Å². The predicted molar refractivity (Wildman–Crippen MR) is 43.9 cm³/mol. The van der Waals surface area contributed by atoms with Crippen molar-refractivity contribution in [2.75, 3.05) is 39.5 Å². The zero-order valence-electron chi connectivity index (χ0n) is 7.07. The molecule has 0 aromatic rings. The highest BCUT2D eigenvalue weighted by atomic mass is 16.5. The zero-order chi connectivity index (χ0) is 9.23. The van der Waals surface area contributed by atoms with E-state index in [1.807, 2.05) is 0 Å². The van der Waals surface area contributed by atoms with Crippen molar-refractivity contribution in [2.45, 2.75) is 6.10 Å². The summed E-state index contributed by atoms with van der Waals surface area (Å²) in [7, 11) is 0. The van der Waals surface area contributed by atoms with E-state index < -0.39 is 6.10 Å². The van der Waals surface area contributed by atoms with Crippen LogP contribution in [0.5, 0.6) is 0 Å². The molecule has 0 aromatic heterocycles. The molecule has 5 heteroatoms. The van der Waals surface area contributed by atoms with Crippen molar-refractivity contribution in [2.24, 2.45) is 0 Å². The maximum absolute atomic E-state index is 8.17. The van der Waals surface area contributed by atoms with E-state index in [4.69, 9.17) is 20.1 Å². The molecule has 12 heavy (non-hydrogen) atoms. The Kier molecular flexibility index (Phi) is 8.74. The van der Waals surface area contributed by atoms with Gasteiger partial charge in [0, 0.05) is 13.1 Å². The van der Waals surface area contributed by atoms with Crippen LogP contribution in [0.3, 0.4) is 0 Å². The van der Waals surface area contributed by atoms with Gasteiger partial charge in [0.1, 0.15) is 6.10 Å². The molecule has 1 heterocycles. The number of aliphatic hydroxyl groups is 3. The van der Waals surface area contributed by atoms with Crippen LogP contribution in [-0.4, -0.2) is 60.9 Å². The quantitative estimate of drug-likeness (QED) is 0.392. The monoisotopic (exact) mass is 179 g/mol. The van der Waals surface area contributed by atoms with Crippen molar-refractivity contribution < 1.29 is 20.1 Å². The molecule has 1 fully saturated rings. The second kappa shape index (κ2) is 8.89. The molecule has 4 N–H and O–H groups in total. The highest BCUT2D eigenvalue weighted by Gasteiger charge is 1.94. The van der Waals surface area contributed by atoms with Crippen LogP contribution in [0, 0.1) is 0 Å². The lowest BCUT2D eigenvalue weighted by molar-refractivity contribution is 0.0450. The summed E-state index contributed by atoms with van der Waals surface area (Å²) in [5.74, 6) is 0. The van der Waals surface area contributed by atoms with Crippen LogP contribution >= 0.6 is 0 Å². The lowest BCUT2D eigenvalue weighted by atomic mass is 10.4. The fourth-order valence-corrected chi connectivity index (χ4v) is 0.573. The SMILES string of the molecule is C1COCCN1.OCC(O)CO. The largest absolute Gasteiger partial charge is 0.394 e. The summed E-state index contributed by atoms with van der Waals surface area (Å²) in [4.78, 5) is 0. The van der Waals surface area contributed by atoms with Crippen LogP contribution in [-0.2, 0) is 4.74 Å². The number of morpholine rings is 1. The molecule has 0 aliphatic carbocycles. The van der Waals surface area contributed by atoms with E-state index in [1.165, 1.54) is 0 Å². The van der Waals surface area contributed by atoms with Gasteiger partial charge in [0.2, 0.25) is 0 Å². The molecule has 0 saturated carbocycles. The van der Waals surface area contributed by atoms with Crippen LogP contribution in [0.2, 0.25) is 0 Å². The van der Waals surface area contributed by atoms with Crippen molar-refractivity contribution >= 4 is 0 Å². The molecule has 0 unspecified atom stereocenters. The van der Waals surface area contributed by atoms with Gasteiger partial charge < -0.3 is 25.4 Å². The van der Waals surface area contributed by atoms with Crippen LogP contribution in [0.1, 0.15) is 0 Å². The van der Waals surface area contributed by atoms with Crippen molar-refractivity contribution in [3.05, 3.63) is 0 Å². The standard InChI is InChI=1S/C4H9NO.C3H8O3/c1-3-6-4-2-5-1;4-1-3(6)2-5/h5H,1-4H2;3-6H,1-2H2. The Hall–Kier alpha value is -0.200. The van der Waals surface area contributed by atoms with Gasteiger partial charge in [0.15, 0.2) is 0 Å². The van der Waals surface area contributed by atoms with Gasteiger partial charge in [0.25, 0.3) is 0 Å². The molecule has 0 atom stereocenters. The molecule has 0 spiro atoms. The summed E-state index contributed by atoms with van der Waals surface area (Å²) in [6.07, 6.45) is -0.954. The summed E-state index contributed by atoms with van der Waals surface area (Å²) < 4.78 is 5.01. The summed E-state index contributed by atoms with van der Waals surface area (Å²) in [5.41, 5.74) is 0. The third kappa shape index (κ3) is 7.90. The van der Waals surface area contributed by atoms with Gasteiger partial charge >= 0.3 is 0 Å². The first-order valence-corrected chi connectivity index (χ1v) is 3.99. The van der Waals surface area contributed by atoms with Crippen molar-refractivity contribution in [1.29, 1.82) is 0 Å². The Bertz CT molecular complexity index is 72.0. The van der Waals surface area contributed by atoms with Gasteiger partial charge in [0.05, 0.1) is 26.4 Å². The normalized spacial score (nSPS) is 17.0. The van der Waals surface area contributed by atoms with Crippen LogP contribution in [0.25, 0.3) is 0 Å². The van der Waals surface area contributed by atoms with Crippen molar-refractivity contribution in [1.82, 2.24) is 5.32 Å². The van der Waals surface area contributed by atoms with Crippen molar-refractivity contribution in [3.63, 3.8) is 0 Å². The minimum Gasteiger partial charge on any atom is -0.394 e. The average molecular weight is 179 g/mol. The Morgan fingerprint density at radius 1 is 1.17 bits per heavy atom. The second-order valence-electron chi connectivity index (χ2n) is 2.38. The minimum atomic E-state index is -0.954. The second-order valence-corrected chi connectivity index (χ2v) is 2.38. The molecule has 0 bridgehead atoms. The highest BCUT2D eigenvalue weighted by molar-refractivity contribution is 4.49. The van der Waals surface area contributed by atoms with Gasteiger partial charge in [-0.2, -0.15) is 0 Å². The van der Waals surface area contributed by atoms with E-state index in [9.17, 15) is 0 Å². The number of hydrogen-bond acceptors (Lipinski definition) is 5. The molecule has 1 rings (SSSR count). The highest BCUT2D eigenvalue weighted by Crippen LogP contribution is 1.76. The molecule has 5 nitrogen and oxygen atoms in total. The fraction of sp³-hybridized carbons (Fsp3) is 1.00. The molecule has 74 valence electrons. The maximum Gasteiger partial charge on any atom is 0.100 e. The first-order chi connectivity index (χ1) is 5.81. The molecular weight excluding hydrogens is 162 g/mol. The molecule has 1 aliphatic rings. The summed E-state index contributed by atoms with van der Waals surface area (Å²) in [5, 5.41) is 27.2. The molecule has 1 aliphatic heterocycles. The molecule has 0 aromatic carbocycles. The Balaban J connectivity index is 0.000000202. The van der Waals surface area contributed by atoms with Gasteiger partial charge in [-0.05, 0) is 0 Å². The first kappa shape index (κ1) is 11.8. The fourth-order valence-electron chi connectivity index (χ4n) is 0.573. The summed E-state index contributed by atoms with van der Waals surface area (Å²) in [6, 6.07) is 0. The van der Waals surface area contributed by atoms with Crippen LogP contribution in [0.4, 0.5) is 0 Å². The third-order valence-electron chi connectivity index (χ3n) is 1.27. The van der Waals surface area contributed by atoms with Crippen molar-refractivity contribution in [3.8, 4) is 0 Å². The Labute approximate surface area is 72.0 Å². The zero-order valence-corrected chi connectivity index (χ0v) is 7.07. The molecular formula is C7H17NO4. The number of rotatable bonds is 2. The Morgan fingerprint density at radius 3 is 1.75 bits per heavy atom. The van der Waals surface area contributed by atoms with Gasteiger partial charge in [-0.3, -0.25) is 0 Å². The summed E-state index contributed by atoms with van der Waals surface area (Å²) >= 11 is 0. The molecule has 1 saturated heterocycles. The third-order valence-corrected chi connectivity index (χ3v) is 1.27. The maximum atomic E-state index is 8.17. The number of nitrogens with one attached hydrogen (secondary N) is 1. The minimum absolute atomic E-state index is 0.365. The lowest BCUT2D eigenvalue weighted by Gasteiger charge is -2.10. The molecule has 0 amide bonds. The van der Waals surface area contributed by atoms with Crippen LogP contribution < -0.4 is 5.32 Å². The van der Waals surface area contributed by atoms with E-state index in [2.05, 4.69) is 5.32 Å². The molecule has 0 radical (unpaired) electrons. The summed E-state index contributed by atoms with van der Waals surface area (Å²) in [6.45, 7) is 3.10. The van der Waals surface area contributed by atoms with E-state index in [0.717, 1.165) is 26.3 Å². The van der Waals surface area contributed by atoms with Gasteiger partial charge in [-0.25, -0.2) is 0 Å². The first-order valence-electron chi connectivity index (χ1n) is 3.99. The van der Waals surface area contributed by atoms with E-state index in [-0.39, 0.29) is 13.2 Å². The smallest absolute Gasteiger partial charge is 0.100 e. The van der Waals surface area contributed by atoms with Crippen LogP contribution in [0.15, 0.2) is 0 Å². The van der Waals surface area contributed by atoms with Gasteiger partial charge in [-0.15, -0.1) is 0 Å². The van der Waals surface area contributed by atoms with E-state index in [1.54, 1.807) is 0 Å². The van der Waals surface area contributed by atoms with E-state index in [0.29, 0.717) is 0 Å². The van der Waals surface area contributed by atoms with Gasteiger partial charge in [-0.1, -0.05) is 0 Å².